The van der Waals surface area contributed by atoms with E-state index in [9.17, 15) is 0 Å². The normalized spacial score (nSPS) is 12.4. The van der Waals surface area contributed by atoms with E-state index in [1.54, 1.807) is 0 Å². The summed E-state index contributed by atoms with van der Waals surface area (Å²) in [7, 11) is 0. The minimum Gasteiger partial charge on any atom is -0.228 e. The molecule has 4 nitrogen and oxygen atoms in total. The molecular weight excluding hydrogens is 1640 g/mol. The summed E-state index contributed by atoms with van der Waals surface area (Å²) in [5.74, 6) is 1.37. The number of hydrogen-bond donors (Lipinski definition) is 0. The summed E-state index contributed by atoms with van der Waals surface area (Å²) in [4.78, 5) is 22.6. The highest BCUT2D eigenvalue weighted by Gasteiger charge is 2.53. The Morgan fingerprint density at radius 2 is 0.324 bits per heavy atom. The lowest BCUT2D eigenvalue weighted by Gasteiger charge is -2.35. The quantitative estimate of drug-likeness (QED) is 0.122. The van der Waals surface area contributed by atoms with Crippen molar-refractivity contribution in [2.75, 3.05) is 0 Å². The molecule has 4 aliphatic rings. The number of aromatic nitrogens is 4. The van der Waals surface area contributed by atoms with Crippen molar-refractivity contribution in [3.63, 3.8) is 0 Å². The Balaban J connectivity index is 0.000000151. The van der Waals surface area contributed by atoms with Crippen LogP contribution in [0.3, 0.4) is 0 Å². The first-order valence-corrected chi connectivity index (χ1v) is 46.1. The average molecular weight is 1730 g/mol. The summed E-state index contributed by atoms with van der Waals surface area (Å²) in [5.41, 5.74) is 46.9. The summed E-state index contributed by atoms with van der Waals surface area (Å²) < 4.78 is 0. The van der Waals surface area contributed by atoms with Crippen LogP contribution in [0.15, 0.2) is 510 Å². The summed E-state index contributed by atoms with van der Waals surface area (Å²) in [5, 5.41) is 0. The second-order valence-corrected chi connectivity index (χ2v) is 35.2. The van der Waals surface area contributed by atoms with Gasteiger partial charge in [-0.25, -0.2) is 19.9 Å². The number of hydrogen-bond acceptors (Lipinski definition) is 4. The zero-order valence-corrected chi connectivity index (χ0v) is 73.3. The third-order valence-electron chi connectivity index (χ3n) is 27.9. The van der Waals surface area contributed by atoms with Gasteiger partial charge < -0.3 is 0 Å². The smallest absolute Gasteiger partial charge is 0.161 e. The molecule has 0 unspecified atom stereocenters. The van der Waals surface area contributed by atoms with Crippen LogP contribution in [0.25, 0.3) is 201 Å². The minimum absolute atomic E-state index is 0. The number of fused-ring (bicyclic) bond motifs is 24. The fourth-order valence-corrected chi connectivity index (χ4v) is 22.1. The first kappa shape index (κ1) is 82.9. The van der Waals surface area contributed by atoms with Crippen molar-refractivity contribution in [1.29, 1.82) is 0 Å². The lowest BCUT2D eigenvalue weighted by molar-refractivity contribution is 0.775. The van der Waals surface area contributed by atoms with E-state index in [4.69, 9.17) is 19.9 Å². The lowest BCUT2D eigenvalue weighted by atomic mass is 9.66. The van der Waals surface area contributed by atoms with Crippen molar-refractivity contribution in [3.05, 3.63) is 554 Å². The SMILES string of the molecule is C.C.c1ccc(-c2cc(-c3ccccc3)cc(-c3cc(-c4ccccc4-c4ccccc4)nc(-c4cccc5c4-c4ccccc4C54c5ccccc5-c5ccccc5-c5ccccc54)n3)c2)cc1.c1ccc(-c2ccc(-c3cc(-c4cc(-c5ccccc5)cc(-c5ccccc5)c4)nc(-c4cccc5c4-c4ccccc4C54c5ccccc5-c5ccccc5-c5ccccc54)n3)cc2)cc1. The van der Waals surface area contributed by atoms with E-state index < -0.39 is 10.8 Å². The van der Waals surface area contributed by atoms with Crippen LogP contribution < -0.4 is 0 Å². The van der Waals surface area contributed by atoms with E-state index in [-0.39, 0.29) is 14.9 Å². The molecule has 22 aromatic rings. The van der Waals surface area contributed by atoms with Crippen molar-refractivity contribution in [3.8, 4) is 201 Å². The predicted octanol–water partition coefficient (Wildman–Crippen LogP) is 34.3. The number of nitrogens with zero attached hydrogens (tertiary/aromatic N) is 4. The fraction of sp³-hybridized carbons (Fsp3) is 0.0303. The molecule has 0 atom stereocenters. The summed E-state index contributed by atoms with van der Waals surface area (Å²) in [6.45, 7) is 0. The molecule has 0 aliphatic heterocycles. The van der Waals surface area contributed by atoms with Crippen molar-refractivity contribution in [2.45, 2.75) is 25.7 Å². The third kappa shape index (κ3) is 13.8. The van der Waals surface area contributed by atoms with Gasteiger partial charge in [-0.3, -0.25) is 0 Å². The van der Waals surface area contributed by atoms with Crippen molar-refractivity contribution < 1.29 is 0 Å². The van der Waals surface area contributed by atoms with Crippen LogP contribution in [0.4, 0.5) is 0 Å². The van der Waals surface area contributed by atoms with Gasteiger partial charge >= 0.3 is 0 Å². The first-order chi connectivity index (χ1) is 66.5. The van der Waals surface area contributed by atoms with E-state index in [2.05, 4.69) is 510 Å². The van der Waals surface area contributed by atoms with Crippen LogP contribution in [0, 0.1) is 0 Å². The molecule has 136 heavy (non-hydrogen) atoms. The molecular formula is C132H92N4. The average Bonchev–Trinajstić information content (AvgIpc) is 1.52. The van der Waals surface area contributed by atoms with Gasteiger partial charge in [-0.2, -0.15) is 0 Å². The molecule has 2 heterocycles. The maximum atomic E-state index is 5.68. The van der Waals surface area contributed by atoms with E-state index in [0.29, 0.717) is 11.6 Å². The third-order valence-corrected chi connectivity index (χ3v) is 27.9. The van der Waals surface area contributed by atoms with E-state index >= 15 is 0 Å². The van der Waals surface area contributed by atoms with Crippen molar-refractivity contribution >= 4 is 0 Å². The van der Waals surface area contributed by atoms with Crippen LogP contribution in [0.5, 0.6) is 0 Å². The molecule has 0 saturated carbocycles. The molecule has 0 radical (unpaired) electrons. The highest BCUT2D eigenvalue weighted by Crippen LogP contribution is 2.65. The van der Waals surface area contributed by atoms with Gasteiger partial charge in [0.05, 0.1) is 33.6 Å². The van der Waals surface area contributed by atoms with Gasteiger partial charge in [-0.05, 0) is 227 Å². The van der Waals surface area contributed by atoms with Crippen molar-refractivity contribution in [1.82, 2.24) is 19.9 Å². The van der Waals surface area contributed by atoms with E-state index in [1.807, 2.05) is 0 Å². The van der Waals surface area contributed by atoms with Gasteiger partial charge in [0.15, 0.2) is 11.6 Å². The molecule has 640 valence electrons. The zero-order chi connectivity index (χ0) is 88.6. The molecule has 4 aliphatic carbocycles. The van der Waals surface area contributed by atoms with Gasteiger partial charge in [0.25, 0.3) is 0 Å². The lowest BCUT2D eigenvalue weighted by Crippen LogP contribution is -2.29. The molecule has 0 amide bonds. The molecule has 2 spiro atoms. The Morgan fingerprint density at radius 1 is 0.118 bits per heavy atom. The van der Waals surface area contributed by atoms with Gasteiger partial charge in [-0.1, -0.05) is 476 Å². The summed E-state index contributed by atoms with van der Waals surface area (Å²) in [6, 6.07) is 185. The Labute approximate surface area is 795 Å². The Bertz CT molecular complexity index is 8080. The summed E-state index contributed by atoms with van der Waals surface area (Å²) in [6.07, 6.45) is 0. The monoisotopic (exact) mass is 1730 g/mol. The van der Waals surface area contributed by atoms with Crippen LogP contribution in [-0.4, -0.2) is 19.9 Å². The Kier molecular flexibility index (Phi) is 21.2. The summed E-state index contributed by atoms with van der Waals surface area (Å²) >= 11 is 0. The van der Waals surface area contributed by atoms with Crippen LogP contribution >= 0.6 is 0 Å². The molecule has 4 heteroatoms. The van der Waals surface area contributed by atoms with Crippen LogP contribution in [0.1, 0.15) is 59.4 Å². The molecule has 2 aromatic heterocycles. The second-order valence-electron chi connectivity index (χ2n) is 35.2. The van der Waals surface area contributed by atoms with Gasteiger partial charge in [-0.15, -0.1) is 0 Å². The highest BCUT2D eigenvalue weighted by atomic mass is 14.9. The molecule has 0 bridgehead atoms. The number of rotatable bonds is 12. The highest BCUT2D eigenvalue weighted by molar-refractivity contribution is 6.04. The van der Waals surface area contributed by atoms with Crippen LogP contribution in [-0.2, 0) is 10.8 Å². The maximum absolute atomic E-state index is 5.68. The number of benzene rings is 20. The largest absolute Gasteiger partial charge is 0.228 e. The van der Waals surface area contributed by atoms with E-state index in [0.717, 1.165) is 123 Å². The zero-order valence-electron chi connectivity index (χ0n) is 73.3. The van der Waals surface area contributed by atoms with Crippen molar-refractivity contribution in [2.24, 2.45) is 0 Å². The molecule has 0 N–H and O–H groups in total. The fourth-order valence-electron chi connectivity index (χ4n) is 22.1. The molecule has 20 aromatic carbocycles. The molecule has 26 rings (SSSR count). The van der Waals surface area contributed by atoms with Gasteiger partial charge in [0.2, 0.25) is 0 Å². The predicted molar refractivity (Wildman–Crippen MR) is 566 cm³/mol. The topological polar surface area (TPSA) is 51.6 Å². The second kappa shape index (κ2) is 34.7. The van der Waals surface area contributed by atoms with Gasteiger partial charge in [0.1, 0.15) is 0 Å². The maximum Gasteiger partial charge on any atom is 0.161 e. The first-order valence-electron chi connectivity index (χ1n) is 46.1. The Morgan fingerprint density at radius 3 is 0.654 bits per heavy atom. The molecule has 0 saturated heterocycles. The van der Waals surface area contributed by atoms with Gasteiger partial charge in [0, 0.05) is 33.4 Å². The Hall–Kier alpha value is -17.4. The standard InChI is InChI=1S/2C65H42N2.2CH4/c1-4-21-43(22-5-1)46-39-47(44-23-6-2-7-24-44)41-48(40-46)61-42-62(54-32-13-10-27-49(54)45-25-8-3-9-26-45)67-64(66-61)56-34-20-38-60-63(56)55-33-16-19-37-59(55)65(60)57-35-17-14-30-52(57)50-28-11-12-29-51(50)53-31-15-18-36-58(53)65;1-4-19-43(20-5-1)46-35-37-47(38-36-46)61-42-62(50-40-48(44-21-6-2-7-22-44)39-49(41-50)45-23-8-3-9-24-45)67-64(66-61)56-30-18-34-60-63(56)55-29-14-17-33-59(55)65(60)57-31-15-12-27-53(57)51-25-10-11-26-52(51)54-28-13-16-32-58(54)65;;/h2*1-42H;2*1H4. The van der Waals surface area contributed by atoms with Crippen LogP contribution in [0.2, 0.25) is 0 Å². The molecule has 0 fully saturated rings. The van der Waals surface area contributed by atoms with E-state index in [1.165, 1.54) is 111 Å². The minimum atomic E-state index is -0.622.